The van der Waals surface area contributed by atoms with Gasteiger partial charge in [0, 0.05) is 202 Å². The van der Waals surface area contributed by atoms with E-state index in [1.54, 1.807) is 0 Å². The van der Waals surface area contributed by atoms with Crippen LogP contribution in [0.5, 0.6) is 0 Å². The third kappa shape index (κ3) is 112. The van der Waals surface area contributed by atoms with E-state index in [1.165, 1.54) is 297 Å². The molecule has 2 atom stereocenters. The van der Waals surface area contributed by atoms with E-state index in [1.807, 2.05) is 0 Å². The molecule has 9 rings (SSSR count). The van der Waals surface area contributed by atoms with E-state index in [0.29, 0.717) is 38.9 Å². The molecule has 25 N–H and O–H groups in total. The number of unbranched alkanes of at least 4 members (excludes halogenated alkanes) is 24. The molecule has 776 valence electrons. The smallest absolute Gasteiger partial charge is 0.0897 e. The van der Waals surface area contributed by atoms with Crippen molar-refractivity contribution in [2.45, 2.75) is 284 Å². The molecule has 128 heavy (non-hydrogen) atoms. The average molecular weight is 1840 g/mol. The van der Waals surface area contributed by atoms with E-state index in [0.717, 1.165) is 235 Å². The van der Waals surface area contributed by atoms with Gasteiger partial charge < -0.3 is 132 Å². The first-order valence-electron chi connectivity index (χ1n) is 53.7. The molecule has 0 aromatic heterocycles. The summed E-state index contributed by atoms with van der Waals surface area (Å²) in [4.78, 5) is 21.6. The second-order valence-corrected chi connectivity index (χ2v) is 36.6. The fourth-order valence-electron chi connectivity index (χ4n) is 15.0. The summed E-state index contributed by atoms with van der Waals surface area (Å²) in [5, 5.41) is 64.5. The minimum absolute atomic E-state index is 0.135. The van der Waals surface area contributed by atoms with Crippen molar-refractivity contribution in [2.24, 2.45) is 34.4 Å². The SMILES string of the molecule is C1CN2CCN1CC2.C1CNCCNCCNCCN1.CCCCCCCCCCCCN1CCCCCC1.CCCCCCN(CCCCCC)CCCCCC.CN(C)CCN(C)C.CN1CCOCC1.NCCCCCCCCNCCCN.NCCCCNCCCN.NCCN.OCC(O)CN1CCNCC1.OCC1CCCN1.OCCN1CCNCC1. The van der Waals surface area contributed by atoms with Crippen LogP contribution in [-0.2, 0) is 4.74 Å². The van der Waals surface area contributed by atoms with Crippen LogP contribution in [0.2, 0.25) is 0 Å². The lowest BCUT2D eigenvalue weighted by atomic mass is 10.1. The molecule has 2 bridgehead atoms. The number of nitrogens with zero attached hydrogens (tertiary/aromatic N) is 9. The van der Waals surface area contributed by atoms with Gasteiger partial charge in [0.1, 0.15) is 0 Å². The second kappa shape index (κ2) is 116. The van der Waals surface area contributed by atoms with E-state index in [9.17, 15) is 0 Å². The van der Waals surface area contributed by atoms with E-state index >= 15 is 0 Å². The molecule has 9 aliphatic rings. The van der Waals surface area contributed by atoms with E-state index in [2.05, 4.69) is 155 Å². The average Bonchev–Trinajstić information content (AvgIpc) is 0.999. The number of morpholine rings is 1. The van der Waals surface area contributed by atoms with Gasteiger partial charge in [-0.3, -0.25) is 19.6 Å². The van der Waals surface area contributed by atoms with Gasteiger partial charge in [0.25, 0.3) is 0 Å². The molecular weight excluding hydrogens is 1610 g/mol. The molecule has 0 saturated carbocycles. The zero-order valence-corrected chi connectivity index (χ0v) is 86.6. The molecule has 9 fully saturated rings. The van der Waals surface area contributed by atoms with Crippen molar-refractivity contribution in [3.8, 4) is 0 Å². The van der Waals surface area contributed by atoms with Crippen LogP contribution in [0.15, 0.2) is 0 Å². The number of aliphatic hydroxyl groups excluding tert-OH is 4. The lowest BCUT2D eigenvalue weighted by Crippen LogP contribution is -2.55. The molecule has 9 saturated heterocycles. The van der Waals surface area contributed by atoms with Crippen molar-refractivity contribution in [2.75, 3.05) is 363 Å². The van der Waals surface area contributed by atoms with Gasteiger partial charge in [-0.05, 0) is 223 Å². The summed E-state index contributed by atoms with van der Waals surface area (Å²) < 4.78 is 5.10. The molecular formula is C99H230N24O5. The van der Waals surface area contributed by atoms with Crippen LogP contribution >= 0.6 is 0 Å². The number of nitrogens with two attached hydrogens (primary N) is 6. The van der Waals surface area contributed by atoms with Crippen molar-refractivity contribution in [1.82, 2.24) is 92.0 Å². The van der Waals surface area contributed by atoms with Crippen LogP contribution in [0.3, 0.4) is 0 Å². The Morgan fingerprint density at radius 2 is 0.680 bits per heavy atom. The Bertz CT molecular complexity index is 1790. The third-order valence-electron chi connectivity index (χ3n) is 23.6. The van der Waals surface area contributed by atoms with Crippen molar-refractivity contribution >= 4 is 0 Å². The molecule has 29 heteroatoms. The number of aliphatic hydroxyl groups is 4. The molecule has 0 aromatic rings. The highest BCUT2D eigenvalue weighted by Crippen LogP contribution is 2.15. The van der Waals surface area contributed by atoms with Crippen LogP contribution < -0.4 is 82.3 Å². The molecule has 0 aromatic carbocycles. The van der Waals surface area contributed by atoms with Crippen molar-refractivity contribution in [3.63, 3.8) is 0 Å². The molecule has 9 aliphatic heterocycles. The summed E-state index contributed by atoms with van der Waals surface area (Å²) in [6, 6.07) is 0.403. The van der Waals surface area contributed by atoms with Gasteiger partial charge in [0.2, 0.25) is 0 Å². The number of hydrogen-bond acceptors (Lipinski definition) is 29. The van der Waals surface area contributed by atoms with Gasteiger partial charge in [-0.2, -0.15) is 0 Å². The minimum Gasteiger partial charge on any atom is -0.395 e. The Morgan fingerprint density at radius 1 is 0.344 bits per heavy atom. The van der Waals surface area contributed by atoms with Gasteiger partial charge in [0.15, 0.2) is 0 Å². The Kier molecular flexibility index (Phi) is 121. The molecule has 2 unspecified atom stereocenters. The van der Waals surface area contributed by atoms with Gasteiger partial charge in [-0.1, -0.05) is 182 Å². The first kappa shape index (κ1) is 133. The summed E-state index contributed by atoms with van der Waals surface area (Å²) in [6.07, 6.45) is 51.3. The molecule has 0 aliphatic carbocycles. The summed E-state index contributed by atoms with van der Waals surface area (Å²) >= 11 is 0. The molecule has 9 heterocycles. The summed E-state index contributed by atoms with van der Waals surface area (Å²) in [5.41, 5.74) is 31.2. The molecule has 0 radical (unpaired) electrons. The predicted molar refractivity (Wildman–Crippen MR) is 559 cm³/mol. The lowest BCUT2D eigenvalue weighted by Gasteiger charge is -2.41. The predicted octanol–water partition coefficient (Wildman–Crippen LogP) is 6.50. The van der Waals surface area contributed by atoms with Crippen LogP contribution in [0.4, 0.5) is 0 Å². The molecule has 0 spiro atoms. The molecule has 0 amide bonds. The van der Waals surface area contributed by atoms with Crippen molar-refractivity contribution < 1.29 is 25.2 Å². The number of nitrogens with one attached hydrogen (secondary N) is 9. The zero-order valence-electron chi connectivity index (χ0n) is 86.6. The summed E-state index contributed by atoms with van der Waals surface area (Å²) in [6.45, 7) is 60.1. The number of likely N-dealkylation sites (N-methyl/N-ethyl adjacent to an activating group) is 3. The van der Waals surface area contributed by atoms with Gasteiger partial charge in [0.05, 0.1) is 39.1 Å². The maximum absolute atomic E-state index is 9.10. The fraction of sp³-hybridized carbons (Fsp3) is 1.00. The Balaban J connectivity index is -0.000000667. The standard InChI is InChI=1S/C18H37N.C18H39N.C11H27N3.C8H20N4.C7H19N3.C7H16N2O2.C6H14N2O.C6H12N2.C6H16N2.2C5H11NO.C2H8N2/c1-2-3-4-5-6-7-8-9-10-13-16-19-17-14-11-12-15-18-19;1-4-7-10-13-16-19(17-14-11-8-5-2)18-15-12-9-6-3;12-8-5-3-1-2-4-6-10-14-11-7-9-13;1-2-10-5-6-12-8-7-11-4-3-9-1;8-4-1-2-6-10-7-3-5-9;10-6-7(11)5-9-3-1-8-2-4-9;9-6-5-8-3-1-7-2-4-8;1-2-8-5-3-7(1)4-6-8;1-7(2)5-6-8(3)4;1-6-2-4-7-5-3-6;7-4-5-2-1-3-6-5;3-1-2-4/h2-18H2,1H3;4-18H2,1-3H3;14H,1-13H2;9-12H,1-8H2;10H,1-9H2;7-8,10-11H,1-6H2;7,9H,1-6H2;1-6H2;5-6H2,1-4H3;2-5H2,1H3;5-7H,1-4H2;1-4H2. The monoisotopic (exact) mass is 1840 g/mol. The largest absolute Gasteiger partial charge is 0.395 e. The maximum Gasteiger partial charge on any atom is 0.0897 e. The number of β-amino-alcohol motifs (C(OH)–C–C–N with tert-alkyl or cyclic N) is 2. The van der Waals surface area contributed by atoms with Crippen LogP contribution in [-0.4, -0.2) is 439 Å². The Hall–Kier alpha value is -1.16. The van der Waals surface area contributed by atoms with Crippen LogP contribution in [0.25, 0.3) is 0 Å². The van der Waals surface area contributed by atoms with Gasteiger partial charge >= 0.3 is 0 Å². The highest BCUT2D eigenvalue weighted by Gasteiger charge is 2.22. The normalized spacial score (nSPS) is 18.9. The number of rotatable bonds is 54. The minimum atomic E-state index is -0.576. The third-order valence-corrected chi connectivity index (χ3v) is 23.6. The summed E-state index contributed by atoms with van der Waals surface area (Å²) in [5.74, 6) is 0. The number of hydrogen-bond donors (Lipinski definition) is 19. The van der Waals surface area contributed by atoms with Crippen LogP contribution in [0, 0.1) is 0 Å². The number of likely N-dealkylation sites (tertiary alicyclic amines) is 1. The van der Waals surface area contributed by atoms with Gasteiger partial charge in [-0.15, -0.1) is 0 Å². The quantitative estimate of drug-likeness (QED) is 0.0289. The Morgan fingerprint density at radius 3 is 1.00 bits per heavy atom. The first-order chi connectivity index (χ1) is 62.7. The maximum atomic E-state index is 9.10. The fourth-order valence-corrected chi connectivity index (χ4v) is 15.0. The van der Waals surface area contributed by atoms with Crippen molar-refractivity contribution in [1.29, 1.82) is 0 Å². The van der Waals surface area contributed by atoms with E-state index in [4.69, 9.17) is 59.6 Å². The Labute approximate surface area is 794 Å². The highest BCUT2D eigenvalue weighted by molar-refractivity contribution is 4.79. The topological polar surface area (TPSA) is 384 Å². The van der Waals surface area contributed by atoms with Crippen molar-refractivity contribution in [3.05, 3.63) is 0 Å². The highest BCUT2D eigenvalue weighted by atomic mass is 16.5. The number of fused-ring (bicyclic) bond motifs is 3. The molecule has 29 nitrogen and oxygen atoms in total. The first-order valence-corrected chi connectivity index (χ1v) is 53.7. The lowest BCUT2D eigenvalue weighted by molar-refractivity contribution is 0.0503. The van der Waals surface area contributed by atoms with Crippen LogP contribution in [0.1, 0.15) is 272 Å². The van der Waals surface area contributed by atoms with Gasteiger partial charge in [-0.25, -0.2) is 0 Å². The van der Waals surface area contributed by atoms with E-state index < -0.39 is 6.10 Å². The second-order valence-electron chi connectivity index (χ2n) is 36.6. The number of ether oxygens (including phenoxy) is 1. The summed E-state index contributed by atoms with van der Waals surface area (Å²) in [7, 11) is 10.5. The number of piperazine rings is 5. The van der Waals surface area contributed by atoms with E-state index in [-0.39, 0.29) is 6.61 Å². The zero-order chi connectivity index (χ0) is 94.6.